The van der Waals surface area contributed by atoms with Crippen LogP contribution in [0.4, 0.5) is 0 Å². The molecule has 0 aliphatic carbocycles. The third-order valence-electron chi connectivity index (χ3n) is 5.13. The molecule has 2 rings (SSSR count). The molecule has 2 aliphatic rings. The van der Waals surface area contributed by atoms with E-state index in [0.717, 1.165) is 5.75 Å². The van der Waals surface area contributed by atoms with Gasteiger partial charge in [-0.1, -0.05) is 6.92 Å². The first kappa shape index (κ1) is 22.1. The maximum absolute atomic E-state index is 10.3. The molecular formula is C17H30O8S. The summed E-state index contributed by atoms with van der Waals surface area (Å²) in [5, 5.41) is 59.9. The van der Waals surface area contributed by atoms with Crippen molar-refractivity contribution in [3.05, 3.63) is 11.1 Å². The van der Waals surface area contributed by atoms with Crippen molar-refractivity contribution in [3.63, 3.8) is 0 Å². The lowest BCUT2D eigenvalue weighted by molar-refractivity contribution is -0.219. The molecule has 26 heavy (non-hydrogen) atoms. The molecule has 0 saturated carbocycles. The maximum Gasteiger partial charge on any atom is 0.130 e. The Morgan fingerprint density at radius 3 is 2.08 bits per heavy atom. The van der Waals surface area contributed by atoms with Gasteiger partial charge in [0, 0.05) is 6.42 Å². The monoisotopic (exact) mass is 394 g/mol. The lowest BCUT2D eigenvalue weighted by Gasteiger charge is -2.42. The van der Waals surface area contributed by atoms with E-state index in [1.807, 2.05) is 6.92 Å². The quantitative estimate of drug-likeness (QED) is 0.316. The first-order chi connectivity index (χ1) is 12.2. The van der Waals surface area contributed by atoms with Crippen LogP contribution in [-0.4, -0.2) is 97.3 Å². The van der Waals surface area contributed by atoms with Crippen LogP contribution in [0, 0.1) is 0 Å². The van der Waals surface area contributed by atoms with Gasteiger partial charge in [0.2, 0.25) is 0 Å². The van der Waals surface area contributed by atoms with Gasteiger partial charge in [-0.25, -0.2) is 0 Å². The molecule has 152 valence electrons. The molecule has 0 aromatic heterocycles. The Labute approximate surface area is 157 Å². The summed E-state index contributed by atoms with van der Waals surface area (Å²) >= 11 is 1.44. The van der Waals surface area contributed by atoms with Crippen molar-refractivity contribution >= 4 is 11.8 Å². The molecule has 9 atom stereocenters. The lowest BCUT2D eigenvalue weighted by Crippen LogP contribution is -2.59. The zero-order valence-electron chi connectivity index (χ0n) is 15.2. The van der Waals surface area contributed by atoms with Crippen LogP contribution in [0.15, 0.2) is 11.1 Å². The van der Waals surface area contributed by atoms with Crippen molar-refractivity contribution in [3.8, 4) is 0 Å². The Hall–Kier alpha value is -0.230. The Kier molecular flexibility index (Phi) is 7.90. The third-order valence-corrected chi connectivity index (χ3v) is 6.21. The van der Waals surface area contributed by atoms with E-state index >= 15 is 0 Å². The Balaban J connectivity index is 2.23. The first-order valence-corrected chi connectivity index (χ1v) is 9.88. The van der Waals surface area contributed by atoms with Crippen LogP contribution in [0.2, 0.25) is 0 Å². The van der Waals surface area contributed by atoms with E-state index in [9.17, 15) is 30.6 Å². The fourth-order valence-corrected chi connectivity index (χ4v) is 4.28. The highest BCUT2D eigenvalue weighted by Crippen LogP contribution is 2.34. The summed E-state index contributed by atoms with van der Waals surface area (Å²) in [4.78, 5) is 0. The van der Waals surface area contributed by atoms with Crippen LogP contribution < -0.4 is 0 Å². The standard InChI is InChI=1S/C17H30O8S/c1-4-26-17-10(20)5-9(19)15(25-17)7(2)8(3)16-14(23)13(22)12(21)11(6-18)24-16/h9-23H,4-6H2,1-3H3/b8-7+/t9-,10+,11+,12+,13-,14+,15+,16-,17+/m0/s1. The van der Waals surface area contributed by atoms with Crippen molar-refractivity contribution in [1.29, 1.82) is 0 Å². The molecule has 9 heteroatoms. The number of aliphatic hydroxyl groups excluding tert-OH is 6. The predicted octanol–water partition coefficient (Wildman–Crippen LogP) is -1.24. The lowest BCUT2D eigenvalue weighted by atomic mass is 9.87. The van der Waals surface area contributed by atoms with Crippen molar-refractivity contribution in [2.45, 2.75) is 81.5 Å². The molecule has 0 spiro atoms. The second kappa shape index (κ2) is 9.31. The van der Waals surface area contributed by atoms with Gasteiger partial charge in [0.1, 0.15) is 42.1 Å². The molecule has 6 N–H and O–H groups in total. The van der Waals surface area contributed by atoms with Gasteiger partial charge in [0.15, 0.2) is 0 Å². The van der Waals surface area contributed by atoms with Crippen LogP contribution >= 0.6 is 11.8 Å². The van der Waals surface area contributed by atoms with E-state index in [1.54, 1.807) is 13.8 Å². The highest BCUT2D eigenvalue weighted by molar-refractivity contribution is 7.99. The van der Waals surface area contributed by atoms with E-state index < -0.39 is 60.9 Å². The van der Waals surface area contributed by atoms with Crippen LogP contribution in [0.1, 0.15) is 27.2 Å². The minimum atomic E-state index is -1.46. The normalized spacial score (nSPS) is 45.3. The largest absolute Gasteiger partial charge is 0.394 e. The summed E-state index contributed by atoms with van der Waals surface area (Å²) < 4.78 is 11.4. The Bertz CT molecular complexity index is 499. The number of thioether (sulfide) groups is 1. The van der Waals surface area contributed by atoms with Crippen molar-refractivity contribution in [2.75, 3.05) is 12.4 Å². The molecule has 2 saturated heterocycles. The maximum atomic E-state index is 10.3. The van der Waals surface area contributed by atoms with E-state index in [2.05, 4.69) is 0 Å². The van der Waals surface area contributed by atoms with Gasteiger partial charge in [0.25, 0.3) is 0 Å². The molecule has 0 aromatic rings. The highest BCUT2D eigenvalue weighted by atomic mass is 32.2. The minimum absolute atomic E-state index is 0.168. The fraction of sp³-hybridized carbons (Fsp3) is 0.882. The second-order valence-corrected chi connectivity index (χ2v) is 8.24. The zero-order valence-corrected chi connectivity index (χ0v) is 16.0. The molecule has 0 amide bonds. The highest BCUT2D eigenvalue weighted by Gasteiger charge is 2.45. The van der Waals surface area contributed by atoms with Crippen LogP contribution in [-0.2, 0) is 9.47 Å². The van der Waals surface area contributed by atoms with Gasteiger partial charge < -0.3 is 40.1 Å². The average Bonchev–Trinajstić information content (AvgIpc) is 2.61. The topological polar surface area (TPSA) is 140 Å². The van der Waals surface area contributed by atoms with Gasteiger partial charge in [0.05, 0.1) is 18.8 Å². The molecule has 0 radical (unpaired) electrons. The summed E-state index contributed by atoms with van der Waals surface area (Å²) in [5.74, 6) is 0.749. The van der Waals surface area contributed by atoms with Gasteiger partial charge in [-0.3, -0.25) is 0 Å². The van der Waals surface area contributed by atoms with Crippen LogP contribution in [0.3, 0.4) is 0 Å². The molecular weight excluding hydrogens is 364 g/mol. The van der Waals surface area contributed by atoms with Crippen LogP contribution in [0.5, 0.6) is 0 Å². The summed E-state index contributed by atoms with van der Waals surface area (Å²) in [7, 11) is 0. The van der Waals surface area contributed by atoms with E-state index in [4.69, 9.17) is 9.47 Å². The molecule has 8 nitrogen and oxygen atoms in total. The number of hydrogen-bond acceptors (Lipinski definition) is 9. The van der Waals surface area contributed by atoms with E-state index in [1.165, 1.54) is 11.8 Å². The van der Waals surface area contributed by atoms with Crippen molar-refractivity contribution in [1.82, 2.24) is 0 Å². The summed E-state index contributed by atoms with van der Waals surface area (Å²) in [5.41, 5.74) is 0.698. The third kappa shape index (κ3) is 4.43. The molecule has 0 unspecified atom stereocenters. The predicted molar refractivity (Wildman–Crippen MR) is 95.6 cm³/mol. The fourth-order valence-electron chi connectivity index (χ4n) is 3.42. The number of ether oxygens (including phenoxy) is 2. The van der Waals surface area contributed by atoms with Gasteiger partial charge >= 0.3 is 0 Å². The van der Waals surface area contributed by atoms with Gasteiger partial charge in [-0.05, 0) is 30.7 Å². The average molecular weight is 394 g/mol. The van der Waals surface area contributed by atoms with Crippen LogP contribution in [0.25, 0.3) is 0 Å². The first-order valence-electron chi connectivity index (χ1n) is 8.83. The Morgan fingerprint density at radius 2 is 1.50 bits per heavy atom. The van der Waals surface area contributed by atoms with E-state index in [-0.39, 0.29) is 6.42 Å². The Morgan fingerprint density at radius 1 is 0.885 bits per heavy atom. The summed E-state index contributed by atoms with van der Waals surface area (Å²) in [6.07, 6.45) is -8.42. The summed E-state index contributed by atoms with van der Waals surface area (Å²) in [6.45, 7) is 4.86. The van der Waals surface area contributed by atoms with Gasteiger partial charge in [-0.15, -0.1) is 11.8 Å². The zero-order chi connectivity index (χ0) is 19.6. The molecule has 2 heterocycles. The summed E-state index contributed by atoms with van der Waals surface area (Å²) in [6, 6.07) is 0. The van der Waals surface area contributed by atoms with E-state index in [0.29, 0.717) is 11.1 Å². The second-order valence-electron chi connectivity index (χ2n) is 6.87. The van der Waals surface area contributed by atoms with Crippen molar-refractivity contribution in [2.24, 2.45) is 0 Å². The molecule has 0 aromatic carbocycles. The number of hydrogen-bond donors (Lipinski definition) is 6. The van der Waals surface area contributed by atoms with Gasteiger partial charge in [-0.2, -0.15) is 0 Å². The number of aliphatic hydroxyl groups is 6. The molecule has 2 fully saturated rings. The molecule has 2 aliphatic heterocycles. The SMILES string of the molecule is CCS[C@H]1O[C@H](/C(C)=C(\C)[C@@H]2O[C@H](CO)[C@@H](O)[C@H](O)[C@H]2O)[C@@H](O)C[C@H]1O. The number of rotatable bonds is 5. The minimum Gasteiger partial charge on any atom is -0.394 e. The smallest absolute Gasteiger partial charge is 0.130 e. The molecule has 0 bridgehead atoms. The van der Waals surface area contributed by atoms with Crippen molar-refractivity contribution < 1.29 is 40.1 Å².